The van der Waals surface area contributed by atoms with E-state index in [-0.39, 0.29) is 77.6 Å². The van der Waals surface area contributed by atoms with Crippen LogP contribution in [0.1, 0.15) is 36.3 Å². The highest BCUT2D eigenvalue weighted by Gasteiger charge is 2.24. The molecule has 3 rings (SSSR count). The summed E-state index contributed by atoms with van der Waals surface area (Å²) in [7, 11) is 5.70. The first-order valence-electron chi connectivity index (χ1n) is 15.4. The standard InChI is InChI=1S/C38H42O12/c1-23(19-43-5)35(39)47-31-15-13-29(17-33(31)49-37(41)25(3)21-45-7)27-9-11-28(12-10-27)30-14-16-32(48-36(40)24(2)20-44-6)34(18-30)50-38(42)26(4)22-46-8/h9,13-18,28H,1-4,10-12,19-22H2,5-8H3. The third-order valence-electron chi connectivity index (χ3n) is 7.40. The molecule has 50 heavy (non-hydrogen) atoms. The average Bonchev–Trinajstić information content (AvgIpc) is 3.10. The Kier molecular flexibility index (Phi) is 15.1. The zero-order chi connectivity index (χ0) is 36.8. The summed E-state index contributed by atoms with van der Waals surface area (Å²) in [4.78, 5) is 50.5. The number of ether oxygens (including phenoxy) is 8. The molecule has 2 aromatic rings. The third-order valence-corrected chi connectivity index (χ3v) is 7.40. The predicted octanol–water partition coefficient (Wildman–Crippen LogP) is 5.47. The molecule has 0 N–H and O–H groups in total. The van der Waals surface area contributed by atoms with Crippen LogP contribution in [0, 0.1) is 0 Å². The highest BCUT2D eigenvalue weighted by atomic mass is 16.6. The van der Waals surface area contributed by atoms with Crippen molar-refractivity contribution < 1.29 is 57.1 Å². The van der Waals surface area contributed by atoms with Crippen molar-refractivity contribution in [3.05, 3.63) is 102 Å². The zero-order valence-electron chi connectivity index (χ0n) is 28.8. The van der Waals surface area contributed by atoms with Crippen molar-refractivity contribution in [2.75, 3.05) is 54.9 Å². The van der Waals surface area contributed by atoms with Crippen LogP contribution in [0.25, 0.3) is 5.57 Å². The molecule has 1 atom stereocenters. The maximum Gasteiger partial charge on any atom is 0.341 e. The molecule has 1 aliphatic carbocycles. The highest BCUT2D eigenvalue weighted by molar-refractivity contribution is 5.93. The number of methoxy groups -OCH3 is 4. The van der Waals surface area contributed by atoms with Crippen LogP contribution in [0.15, 0.2) is 91.1 Å². The second-order valence-corrected chi connectivity index (χ2v) is 11.3. The monoisotopic (exact) mass is 690 g/mol. The van der Waals surface area contributed by atoms with Crippen molar-refractivity contribution in [3.8, 4) is 23.0 Å². The minimum absolute atomic E-state index is 0.0192. The fourth-order valence-electron chi connectivity index (χ4n) is 4.83. The van der Waals surface area contributed by atoms with Gasteiger partial charge in [-0.05, 0) is 66.1 Å². The molecule has 0 spiro atoms. The lowest BCUT2D eigenvalue weighted by molar-refractivity contribution is -0.133. The van der Waals surface area contributed by atoms with Crippen LogP contribution in [-0.2, 0) is 38.1 Å². The lowest BCUT2D eigenvalue weighted by Gasteiger charge is -2.24. The van der Waals surface area contributed by atoms with Gasteiger partial charge in [-0.1, -0.05) is 44.5 Å². The molecule has 0 bridgehead atoms. The zero-order valence-corrected chi connectivity index (χ0v) is 28.8. The van der Waals surface area contributed by atoms with E-state index in [4.69, 9.17) is 37.9 Å². The number of carbonyl (C=O) groups is 4. The first kappa shape index (κ1) is 39.3. The number of carbonyl (C=O) groups excluding carboxylic acids is 4. The lowest BCUT2D eigenvalue weighted by atomic mass is 9.82. The molecule has 1 aliphatic rings. The lowest BCUT2D eigenvalue weighted by Crippen LogP contribution is -2.17. The van der Waals surface area contributed by atoms with Crippen molar-refractivity contribution in [1.29, 1.82) is 0 Å². The van der Waals surface area contributed by atoms with E-state index in [1.165, 1.54) is 28.4 Å². The van der Waals surface area contributed by atoms with Crippen LogP contribution in [0.2, 0.25) is 0 Å². The van der Waals surface area contributed by atoms with Gasteiger partial charge in [-0.15, -0.1) is 0 Å². The summed E-state index contributed by atoms with van der Waals surface area (Å²) >= 11 is 0. The van der Waals surface area contributed by atoms with Crippen molar-refractivity contribution in [2.24, 2.45) is 0 Å². The smallest absolute Gasteiger partial charge is 0.341 e. The van der Waals surface area contributed by atoms with Gasteiger partial charge in [0.25, 0.3) is 0 Å². The molecular weight excluding hydrogens is 648 g/mol. The normalized spacial score (nSPS) is 13.8. The average molecular weight is 691 g/mol. The quantitative estimate of drug-likeness (QED) is 0.111. The van der Waals surface area contributed by atoms with Gasteiger partial charge in [0, 0.05) is 28.4 Å². The number of hydrogen-bond donors (Lipinski definition) is 0. The van der Waals surface area contributed by atoms with Gasteiger partial charge in [0.1, 0.15) is 0 Å². The van der Waals surface area contributed by atoms with Crippen molar-refractivity contribution >= 4 is 29.5 Å². The number of benzene rings is 2. The van der Waals surface area contributed by atoms with Gasteiger partial charge in [-0.2, -0.15) is 0 Å². The molecule has 0 aromatic heterocycles. The van der Waals surface area contributed by atoms with Crippen molar-refractivity contribution in [1.82, 2.24) is 0 Å². The molecule has 0 saturated carbocycles. The second-order valence-electron chi connectivity index (χ2n) is 11.3. The van der Waals surface area contributed by atoms with E-state index in [0.29, 0.717) is 19.3 Å². The third kappa shape index (κ3) is 10.9. The molecule has 12 heteroatoms. The van der Waals surface area contributed by atoms with E-state index in [2.05, 4.69) is 32.4 Å². The first-order valence-corrected chi connectivity index (χ1v) is 15.4. The summed E-state index contributed by atoms with van der Waals surface area (Å²) in [6.45, 7) is 14.6. The van der Waals surface area contributed by atoms with Gasteiger partial charge in [0.05, 0.1) is 48.7 Å². The summed E-state index contributed by atoms with van der Waals surface area (Å²) in [5.41, 5.74) is 2.90. The predicted molar refractivity (Wildman–Crippen MR) is 184 cm³/mol. The Morgan fingerprint density at radius 2 is 0.980 bits per heavy atom. The first-order chi connectivity index (χ1) is 23.9. The highest BCUT2D eigenvalue weighted by Crippen LogP contribution is 2.41. The minimum Gasteiger partial charge on any atom is -0.419 e. The summed E-state index contributed by atoms with van der Waals surface area (Å²) in [6.07, 6.45) is 3.99. The Hall–Kier alpha value is -5.14. The van der Waals surface area contributed by atoms with Crippen LogP contribution in [-0.4, -0.2) is 78.7 Å². The number of esters is 4. The minimum atomic E-state index is -0.742. The van der Waals surface area contributed by atoms with Gasteiger partial charge in [0.15, 0.2) is 23.0 Å². The van der Waals surface area contributed by atoms with E-state index in [0.717, 1.165) is 16.7 Å². The Balaban J connectivity index is 1.89. The fourth-order valence-corrected chi connectivity index (χ4v) is 4.83. The summed E-state index contributed by atoms with van der Waals surface area (Å²) < 4.78 is 42.0. The molecule has 0 amide bonds. The number of hydrogen-bond acceptors (Lipinski definition) is 12. The second kappa shape index (κ2) is 19.2. The van der Waals surface area contributed by atoms with Crippen molar-refractivity contribution in [2.45, 2.75) is 25.2 Å². The number of rotatable bonds is 18. The Bertz CT molecular complexity index is 1680. The molecule has 0 saturated heterocycles. The van der Waals surface area contributed by atoms with E-state index >= 15 is 0 Å². The van der Waals surface area contributed by atoms with Gasteiger partial charge in [0.2, 0.25) is 0 Å². The molecule has 0 heterocycles. The Morgan fingerprint density at radius 3 is 1.38 bits per heavy atom. The van der Waals surface area contributed by atoms with Gasteiger partial charge < -0.3 is 37.9 Å². The van der Waals surface area contributed by atoms with Crippen LogP contribution < -0.4 is 18.9 Å². The Labute approximate surface area is 291 Å². The van der Waals surface area contributed by atoms with Crippen molar-refractivity contribution in [3.63, 3.8) is 0 Å². The molecule has 0 aliphatic heterocycles. The SMILES string of the molecule is C=C(COC)C(=O)Oc1ccc(C2=CCC(c3ccc(OC(=O)C(=C)COC)c(OC(=O)C(=C)COC)c3)CC2)cc1OC(=O)C(=C)COC. The summed E-state index contributed by atoms with van der Waals surface area (Å²) in [5.74, 6) is -2.81. The molecular formula is C38H42O12. The molecule has 0 fully saturated rings. The molecule has 1 unspecified atom stereocenters. The Morgan fingerprint density at radius 1 is 0.580 bits per heavy atom. The molecule has 12 nitrogen and oxygen atoms in total. The van der Waals surface area contributed by atoms with Gasteiger partial charge in [-0.3, -0.25) is 0 Å². The van der Waals surface area contributed by atoms with Crippen LogP contribution in [0.3, 0.4) is 0 Å². The molecule has 0 radical (unpaired) electrons. The van der Waals surface area contributed by atoms with Gasteiger partial charge >= 0.3 is 23.9 Å². The van der Waals surface area contributed by atoms with Gasteiger partial charge in [-0.25, -0.2) is 19.2 Å². The number of allylic oxidation sites excluding steroid dienone is 2. The van der Waals surface area contributed by atoms with Crippen LogP contribution in [0.4, 0.5) is 0 Å². The van der Waals surface area contributed by atoms with E-state index in [1.807, 2.05) is 0 Å². The summed E-state index contributed by atoms with van der Waals surface area (Å²) in [5, 5.41) is 0. The largest absolute Gasteiger partial charge is 0.419 e. The van der Waals surface area contributed by atoms with E-state index in [9.17, 15) is 19.2 Å². The van der Waals surface area contributed by atoms with E-state index < -0.39 is 23.9 Å². The maximum atomic E-state index is 12.7. The molecule has 266 valence electrons. The summed E-state index contributed by atoms with van der Waals surface area (Å²) in [6, 6.07) is 9.96. The van der Waals surface area contributed by atoms with E-state index in [1.54, 1.807) is 36.4 Å². The van der Waals surface area contributed by atoms with Crippen LogP contribution >= 0.6 is 0 Å². The van der Waals surface area contributed by atoms with Crippen LogP contribution in [0.5, 0.6) is 23.0 Å². The molecule has 2 aromatic carbocycles. The topological polar surface area (TPSA) is 142 Å². The maximum absolute atomic E-state index is 12.7. The fraction of sp³-hybridized carbons (Fsp3) is 0.316.